The fraction of sp³-hybridized carbons (Fsp3) is 0. The topological polar surface area (TPSA) is 61.4 Å². The van der Waals surface area contributed by atoms with Gasteiger partial charge in [0, 0.05) is 78.0 Å². The summed E-state index contributed by atoms with van der Waals surface area (Å²) in [5.41, 5.74) is 19.1. The fourth-order valence-corrected chi connectivity index (χ4v) is 13.5. The molecule has 0 unspecified atom stereocenters. The lowest BCUT2D eigenvalue weighted by atomic mass is 9.91. The first-order valence-electron chi connectivity index (χ1n) is 28.6. The number of fused-ring (bicyclic) bond motifs is 18. The molecule has 0 aliphatic rings. The number of hydrogen-bond acceptors (Lipinski definition) is 4. The van der Waals surface area contributed by atoms with Crippen LogP contribution in [0.25, 0.3) is 176 Å². The summed E-state index contributed by atoms with van der Waals surface area (Å²) in [6, 6.07) is 97.3. The van der Waals surface area contributed by atoms with E-state index >= 15 is 0 Å². The number of pyridine rings is 4. The number of nitrogens with zero attached hydrogens (tertiary/aromatic N) is 6. The lowest BCUT2D eigenvalue weighted by Crippen LogP contribution is -1.96. The van der Waals surface area contributed by atoms with Crippen LogP contribution in [0.4, 0.5) is 0 Å². The summed E-state index contributed by atoms with van der Waals surface area (Å²) in [6.07, 6.45) is 3.69. The average Bonchev–Trinajstić information content (AvgIpc) is 1.72. The highest BCUT2D eigenvalue weighted by Crippen LogP contribution is 2.44. The number of aromatic nitrogens is 6. The van der Waals surface area contributed by atoms with E-state index in [0.29, 0.717) is 0 Å². The smallest absolute Gasteiger partial charge is 0.0972 e. The third kappa shape index (κ3) is 7.11. The molecule has 12 aromatic carbocycles. The van der Waals surface area contributed by atoms with Crippen LogP contribution in [0.3, 0.4) is 0 Å². The molecule has 0 aliphatic carbocycles. The largest absolute Gasteiger partial charge is 0.309 e. The van der Waals surface area contributed by atoms with Crippen LogP contribution in [0.1, 0.15) is 0 Å². The monoisotopic (exact) mass is 1070 g/mol. The molecule has 0 amide bonds. The van der Waals surface area contributed by atoms with Crippen LogP contribution in [0.2, 0.25) is 0 Å². The molecule has 0 spiro atoms. The van der Waals surface area contributed by atoms with Crippen LogP contribution >= 0.6 is 0 Å². The Kier molecular flexibility index (Phi) is 9.99. The standard InChI is InChI=1S/C78H46N6/c1-2-12-57(13-3-1)83-71-17-7-6-16-62(71)67-44-58(34-39-72(67)83)84-73-43-56(48-20-24-50(25-21-48)70-38-33-54-29-27-52-11-9-41-80-76(52)78(54)82-70)31-36-63(73)68-45-65-60-15-5-4-14-59(60)64-42-55(30-35-61(64)66(65)46-74(68)84)47-18-22-49(23-19-47)69-37-32-53-28-26-51-10-8-40-79-75(51)77(53)81-69/h1-46H. The third-order valence-electron chi connectivity index (χ3n) is 17.5. The summed E-state index contributed by atoms with van der Waals surface area (Å²) in [6.45, 7) is 0. The predicted octanol–water partition coefficient (Wildman–Crippen LogP) is 20.2. The lowest BCUT2D eigenvalue weighted by Gasteiger charge is -2.14. The molecule has 0 saturated carbocycles. The van der Waals surface area contributed by atoms with E-state index in [1.54, 1.807) is 0 Å². The average molecular weight is 1070 g/mol. The van der Waals surface area contributed by atoms with E-state index in [2.05, 4.69) is 264 Å². The quantitative estimate of drug-likeness (QED) is 0.156. The van der Waals surface area contributed by atoms with Crippen molar-refractivity contribution in [1.29, 1.82) is 0 Å². The number of rotatable bonds is 6. The molecule has 84 heavy (non-hydrogen) atoms. The van der Waals surface area contributed by atoms with Crippen molar-refractivity contribution in [3.63, 3.8) is 0 Å². The van der Waals surface area contributed by atoms with Crippen molar-refractivity contribution in [2.45, 2.75) is 0 Å². The predicted molar refractivity (Wildman–Crippen MR) is 351 cm³/mol. The highest BCUT2D eigenvalue weighted by molar-refractivity contribution is 6.29. The van der Waals surface area contributed by atoms with Crippen LogP contribution in [0, 0.1) is 0 Å². The fourth-order valence-electron chi connectivity index (χ4n) is 13.5. The first-order chi connectivity index (χ1) is 41.6. The van der Waals surface area contributed by atoms with Gasteiger partial charge in [-0.25, -0.2) is 9.97 Å². The van der Waals surface area contributed by atoms with Gasteiger partial charge in [-0.05, 0) is 140 Å². The second-order valence-corrected chi connectivity index (χ2v) is 22.2. The maximum absolute atomic E-state index is 5.18. The number of para-hydroxylation sites is 2. The zero-order chi connectivity index (χ0) is 55.0. The summed E-state index contributed by atoms with van der Waals surface area (Å²) in [5, 5.41) is 16.5. The third-order valence-corrected chi connectivity index (χ3v) is 17.5. The van der Waals surface area contributed by atoms with Gasteiger partial charge in [-0.1, -0.05) is 182 Å². The number of hydrogen-bond donors (Lipinski definition) is 0. The van der Waals surface area contributed by atoms with Crippen LogP contribution in [-0.4, -0.2) is 29.1 Å². The van der Waals surface area contributed by atoms with Gasteiger partial charge in [-0.2, -0.15) is 0 Å². The minimum absolute atomic E-state index is 0.916. The van der Waals surface area contributed by atoms with Gasteiger partial charge in [0.05, 0.1) is 55.5 Å². The molecule has 0 radical (unpaired) electrons. The van der Waals surface area contributed by atoms with Crippen molar-refractivity contribution in [2.75, 3.05) is 0 Å². The van der Waals surface area contributed by atoms with E-state index in [0.717, 1.165) is 105 Å². The summed E-state index contributed by atoms with van der Waals surface area (Å²) in [4.78, 5) is 19.8. The van der Waals surface area contributed by atoms with Gasteiger partial charge in [0.15, 0.2) is 0 Å². The Morgan fingerprint density at radius 2 is 0.655 bits per heavy atom. The van der Waals surface area contributed by atoms with E-state index in [4.69, 9.17) is 19.9 Å². The summed E-state index contributed by atoms with van der Waals surface area (Å²) < 4.78 is 4.90. The van der Waals surface area contributed by atoms with Gasteiger partial charge in [-0.3, -0.25) is 9.97 Å². The highest BCUT2D eigenvalue weighted by Gasteiger charge is 2.21. The Labute approximate surface area is 481 Å². The first kappa shape index (κ1) is 46.4. The second-order valence-electron chi connectivity index (χ2n) is 22.2. The second kappa shape index (κ2) is 18.1. The van der Waals surface area contributed by atoms with Crippen molar-refractivity contribution in [3.05, 3.63) is 279 Å². The molecular weight excluding hydrogens is 1020 g/mol. The Morgan fingerprint density at radius 3 is 1.30 bits per heavy atom. The Morgan fingerprint density at radius 1 is 0.214 bits per heavy atom. The Hall–Kier alpha value is -11.3. The van der Waals surface area contributed by atoms with E-state index in [1.807, 2.05) is 24.5 Å². The van der Waals surface area contributed by atoms with Gasteiger partial charge in [0.25, 0.3) is 0 Å². The molecule has 0 bridgehead atoms. The van der Waals surface area contributed by atoms with Crippen molar-refractivity contribution in [3.8, 4) is 56.1 Å². The van der Waals surface area contributed by atoms with Crippen LogP contribution < -0.4 is 0 Å². The van der Waals surface area contributed by atoms with E-state index < -0.39 is 0 Å². The minimum Gasteiger partial charge on any atom is -0.309 e. The van der Waals surface area contributed by atoms with Crippen LogP contribution in [0.15, 0.2) is 279 Å². The van der Waals surface area contributed by atoms with Gasteiger partial charge in [0.1, 0.15) is 0 Å². The Balaban J connectivity index is 0.807. The normalized spacial score (nSPS) is 12.0. The lowest BCUT2D eigenvalue weighted by molar-refractivity contribution is 1.17. The van der Waals surface area contributed by atoms with Crippen LogP contribution in [0.5, 0.6) is 0 Å². The molecular formula is C78H46N6. The number of benzene rings is 12. The molecule has 0 fully saturated rings. The van der Waals surface area contributed by atoms with Crippen molar-refractivity contribution in [2.24, 2.45) is 0 Å². The molecule has 0 atom stereocenters. The maximum Gasteiger partial charge on any atom is 0.0972 e. The first-order valence-corrected chi connectivity index (χ1v) is 28.6. The van der Waals surface area contributed by atoms with E-state index in [1.165, 1.54) is 70.5 Å². The Bertz CT molecular complexity index is 5780. The zero-order valence-electron chi connectivity index (χ0n) is 45.2. The molecule has 18 aromatic rings. The minimum atomic E-state index is 0.916. The molecule has 18 rings (SSSR count). The van der Waals surface area contributed by atoms with Crippen LogP contribution in [-0.2, 0) is 0 Å². The summed E-state index contributed by atoms with van der Waals surface area (Å²) in [7, 11) is 0. The van der Waals surface area contributed by atoms with Gasteiger partial charge in [-0.15, -0.1) is 0 Å². The SMILES string of the molecule is c1ccc(-n2c3ccccc3c3cc(-n4c5cc(-c6ccc(-c7ccc8ccc9cccnc9c8n7)cc6)ccc5c5cc6c7ccccc7c7cc(-c8ccc(-c9ccc%10ccc%11cccnc%11c%10n9)cc8)ccc7c6cc54)ccc32)cc1. The van der Waals surface area contributed by atoms with Gasteiger partial charge < -0.3 is 9.13 Å². The summed E-state index contributed by atoms with van der Waals surface area (Å²) in [5.74, 6) is 0. The van der Waals surface area contributed by atoms with Gasteiger partial charge >= 0.3 is 0 Å². The maximum atomic E-state index is 5.18. The van der Waals surface area contributed by atoms with Crippen molar-refractivity contribution < 1.29 is 0 Å². The molecule has 0 aliphatic heterocycles. The molecule has 6 aromatic heterocycles. The molecule has 6 heteroatoms. The van der Waals surface area contributed by atoms with Gasteiger partial charge in [0.2, 0.25) is 0 Å². The van der Waals surface area contributed by atoms with Crippen molar-refractivity contribution >= 4 is 120 Å². The summed E-state index contributed by atoms with van der Waals surface area (Å²) >= 11 is 0. The van der Waals surface area contributed by atoms with Crippen molar-refractivity contribution in [1.82, 2.24) is 29.1 Å². The molecule has 6 heterocycles. The zero-order valence-corrected chi connectivity index (χ0v) is 45.2. The van der Waals surface area contributed by atoms with E-state index in [9.17, 15) is 0 Å². The van der Waals surface area contributed by atoms with E-state index in [-0.39, 0.29) is 0 Å². The molecule has 0 saturated heterocycles. The molecule has 388 valence electrons. The molecule has 6 nitrogen and oxygen atoms in total. The molecule has 0 N–H and O–H groups in total. The highest BCUT2D eigenvalue weighted by atomic mass is 15.0.